The SMILES string of the molecule is Cl.O=C(CC1CCCN1)N(Cc1ccncc1)C1CC1. The third-order valence-electron chi connectivity index (χ3n) is 3.99. The van der Waals surface area contributed by atoms with E-state index in [2.05, 4.69) is 15.2 Å². The Morgan fingerprint density at radius 3 is 2.65 bits per heavy atom. The van der Waals surface area contributed by atoms with E-state index in [-0.39, 0.29) is 12.4 Å². The highest BCUT2D eigenvalue weighted by Gasteiger charge is 2.33. The first-order valence-corrected chi connectivity index (χ1v) is 7.24. The van der Waals surface area contributed by atoms with Gasteiger partial charge in [-0.15, -0.1) is 12.4 Å². The summed E-state index contributed by atoms with van der Waals surface area (Å²) in [4.78, 5) is 18.5. The lowest BCUT2D eigenvalue weighted by Crippen LogP contribution is -2.37. The van der Waals surface area contributed by atoms with Crippen molar-refractivity contribution in [3.8, 4) is 0 Å². The molecule has 0 aromatic carbocycles. The second kappa shape index (κ2) is 7.04. The smallest absolute Gasteiger partial charge is 0.224 e. The lowest BCUT2D eigenvalue weighted by atomic mass is 10.1. The maximum atomic E-state index is 12.5. The number of halogens is 1. The summed E-state index contributed by atoms with van der Waals surface area (Å²) < 4.78 is 0. The maximum Gasteiger partial charge on any atom is 0.224 e. The molecule has 0 spiro atoms. The molecule has 2 fully saturated rings. The van der Waals surface area contributed by atoms with Gasteiger partial charge in [0.1, 0.15) is 0 Å². The lowest BCUT2D eigenvalue weighted by Gasteiger charge is -2.24. The fourth-order valence-corrected chi connectivity index (χ4v) is 2.75. The van der Waals surface area contributed by atoms with Crippen LogP contribution in [0.3, 0.4) is 0 Å². The number of hydrogen-bond donors (Lipinski definition) is 1. The highest BCUT2D eigenvalue weighted by Crippen LogP contribution is 2.29. The number of nitrogens with zero attached hydrogens (tertiary/aromatic N) is 2. The van der Waals surface area contributed by atoms with E-state index >= 15 is 0 Å². The maximum absolute atomic E-state index is 12.5. The van der Waals surface area contributed by atoms with Crippen LogP contribution in [-0.4, -0.2) is 34.4 Å². The minimum absolute atomic E-state index is 0. The monoisotopic (exact) mass is 295 g/mol. The van der Waals surface area contributed by atoms with Crippen molar-refractivity contribution in [2.75, 3.05) is 6.54 Å². The van der Waals surface area contributed by atoms with Crippen LogP contribution in [0.5, 0.6) is 0 Å². The molecule has 2 heterocycles. The number of amides is 1. The molecule has 1 amide bonds. The van der Waals surface area contributed by atoms with Crippen LogP contribution in [-0.2, 0) is 11.3 Å². The lowest BCUT2D eigenvalue weighted by molar-refractivity contribution is -0.132. The Labute approximate surface area is 126 Å². The minimum atomic E-state index is 0. The van der Waals surface area contributed by atoms with Gasteiger partial charge in [-0.1, -0.05) is 0 Å². The van der Waals surface area contributed by atoms with E-state index in [0.29, 0.717) is 24.4 Å². The molecule has 5 heteroatoms. The average Bonchev–Trinajstić information content (AvgIpc) is 3.15. The molecule has 1 saturated heterocycles. The van der Waals surface area contributed by atoms with Crippen LogP contribution in [0.1, 0.15) is 37.7 Å². The molecule has 1 saturated carbocycles. The summed E-state index contributed by atoms with van der Waals surface area (Å²) in [5.41, 5.74) is 1.18. The van der Waals surface area contributed by atoms with Crippen LogP contribution in [0.25, 0.3) is 0 Å². The Bertz CT molecular complexity index is 430. The molecule has 20 heavy (non-hydrogen) atoms. The predicted molar refractivity (Wildman–Crippen MR) is 80.7 cm³/mol. The van der Waals surface area contributed by atoms with Crippen LogP contribution in [0, 0.1) is 0 Å². The second-order valence-corrected chi connectivity index (χ2v) is 5.61. The zero-order valence-electron chi connectivity index (χ0n) is 11.6. The van der Waals surface area contributed by atoms with Gasteiger partial charge in [0.25, 0.3) is 0 Å². The predicted octanol–water partition coefficient (Wildman–Crippen LogP) is 2.14. The summed E-state index contributed by atoms with van der Waals surface area (Å²) in [6.07, 6.45) is 8.91. The van der Waals surface area contributed by atoms with Crippen LogP contribution in [0.2, 0.25) is 0 Å². The number of hydrogen-bond acceptors (Lipinski definition) is 3. The first-order chi connectivity index (χ1) is 9.33. The first kappa shape index (κ1) is 15.3. The summed E-state index contributed by atoms with van der Waals surface area (Å²) in [5, 5.41) is 3.41. The number of carbonyl (C=O) groups excluding carboxylic acids is 1. The third-order valence-corrected chi connectivity index (χ3v) is 3.99. The summed E-state index contributed by atoms with van der Waals surface area (Å²) in [6.45, 7) is 1.80. The Morgan fingerprint density at radius 1 is 1.30 bits per heavy atom. The Morgan fingerprint density at radius 2 is 2.05 bits per heavy atom. The van der Waals surface area contributed by atoms with Crippen LogP contribution >= 0.6 is 12.4 Å². The van der Waals surface area contributed by atoms with E-state index in [0.717, 1.165) is 32.4 Å². The second-order valence-electron chi connectivity index (χ2n) is 5.61. The molecule has 1 aliphatic heterocycles. The molecular formula is C15H22ClN3O. The first-order valence-electron chi connectivity index (χ1n) is 7.24. The zero-order chi connectivity index (χ0) is 13.1. The minimum Gasteiger partial charge on any atom is -0.335 e. The number of aromatic nitrogens is 1. The van der Waals surface area contributed by atoms with Gasteiger partial charge in [0.05, 0.1) is 0 Å². The molecule has 1 atom stereocenters. The largest absolute Gasteiger partial charge is 0.335 e. The van der Waals surface area contributed by atoms with Crippen LogP contribution in [0.15, 0.2) is 24.5 Å². The molecular weight excluding hydrogens is 274 g/mol. The van der Waals surface area contributed by atoms with Gasteiger partial charge in [0.15, 0.2) is 0 Å². The Kier molecular flexibility index (Phi) is 5.38. The molecule has 2 aliphatic rings. The van der Waals surface area contributed by atoms with Crippen LogP contribution < -0.4 is 5.32 Å². The van der Waals surface area contributed by atoms with Gasteiger partial charge in [-0.05, 0) is 49.9 Å². The van der Waals surface area contributed by atoms with Crippen molar-refractivity contribution < 1.29 is 4.79 Å². The fourth-order valence-electron chi connectivity index (χ4n) is 2.75. The number of carbonyl (C=O) groups is 1. The van der Waals surface area contributed by atoms with Crippen molar-refractivity contribution in [2.45, 2.75) is 50.7 Å². The van der Waals surface area contributed by atoms with Crippen LogP contribution in [0.4, 0.5) is 0 Å². The number of nitrogens with one attached hydrogen (secondary N) is 1. The van der Waals surface area contributed by atoms with Crippen molar-refractivity contribution in [3.05, 3.63) is 30.1 Å². The van der Waals surface area contributed by atoms with Crippen molar-refractivity contribution in [2.24, 2.45) is 0 Å². The average molecular weight is 296 g/mol. The molecule has 1 aromatic rings. The normalized spacial score (nSPS) is 21.3. The van der Waals surface area contributed by atoms with E-state index in [1.165, 1.54) is 12.0 Å². The van der Waals surface area contributed by atoms with E-state index < -0.39 is 0 Å². The molecule has 1 N–H and O–H groups in total. The van der Waals surface area contributed by atoms with Gasteiger partial charge in [0, 0.05) is 37.4 Å². The highest BCUT2D eigenvalue weighted by atomic mass is 35.5. The number of rotatable bonds is 5. The van der Waals surface area contributed by atoms with Gasteiger partial charge >= 0.3 is 0 Å². The van der Waals surface area contributed by atoms with Crippen molar-refractivity contribution in [1.82, 2.24) is 15.2 Å². The Hall–Kier alpha value is -1.13. The molecule has 4 nitrogen and oxygen atoms in total. The molecule has 110 valence electrons. The number of pyridine rings is 1. The van der Waals surface area contributed by atoms with Gasteiger partial charge < -0.3 is 10.2 Å². The van der Waals surface area contributed by atoms with E-state index in [9.17, 15) is 4.79 Å². The summed E-state index contributed by atoms with van der Waals surface area (Å²) in [7, 11) is 0. The van der Waals surface area contributed by atoms with E-state index in [1.54, 1.807) is 12.4 Å². The quantitative estimate of drug-likeness (QED) is 0.905. The standard InChI is InChI=1S/C15H21N3O.ClH/c19-15(10-13-2-1-7-17-13)18(14-3-4-14)11-12-5-8-16-9-6-12;/h5-6,8-9,13-14,17H,1-4,7,10-11H2;1H. The topological polar surface area (TPSA) is 45.2 Å². The van der Waals surface area contributed by atoms with Gasteiger partial charge in [-0.2, -0.15) is 0 Å². The van der Waals surface area contributed by atoms with Crippen molar-refractivity contribution >= 4 is 18.3 Å². The highest BCUT2D eigenvalue weighted by molar-refractivity contribution is 5.85. The molecule has 1 aliphatic carbocycles. The van der Waals surface area contributed by atoms with E-state index in [1.807, 2.05) is 12.1 Å². The van der Waals surface area contributed by atoms with E-state index in [4.69, 9.17) is 0 Å². The van der Waals surface area contributed by atoms with Crippen molar-refractivity contribution in [3.63, 3.8) is 0 Å². The molecule has 0 bridgehead atoms. The van der Waals surface area contributed by atoms with Gasteiger partial charge in [0.2, 0.25) is 5.91 Å². The Balaban J connectivity index is 0.00000147. The molecule has 1 aromatic heterocycles. The van der Waals surface area contributed by atoms with Gasteiger partial charge in [-0.3, -0.25) is 9.78 Å². The molecule has 1 unspecified atom stereocenters. The molecule has 3 rings (SSSR count). The molecule has 0 radical (unpaired) electrons. The van der Waals surface area contributed by atoms with Gasteiger partial charge in [-0.25, -0.2) is 0 Å². The summed E-state index contributed by atoms with van der Waals surface area (Å²) in [6, 6.07) is 4.86. The summed E-state index contributed by atoms with van der Waals surface area (Å²) >= 11 is 0. The third kappa shape index (κ3) is 3.93. The zero-order valence-corrected chi connectivity index (χ0v) is 12.4. The fraction of sp³-hybridized carbons (Fsp3) is 0.600. The van der Waals surface area contributed by atoms with Crippen molar-refractivity contribution in [1.29, 1.82) is 0 Å². The summed E-state index contributed by atoms with van der Waals surface area (Å²) in [5.74, 6) is 0.304.